The Labute approximate surface area is 109 Å². The standard InChI is InChI=1S/C13H26N2OS/c1-3-11(9-17-2)15-12(16)13(10-14)7-5-4-6-8-13/h11H,3-10,14H2,1-2H3,(H,15,16). The minimum atomic E-state index is -0.274. The van der Waals surface area contributed by atoms with Crippen LogP contribution in [0.4, 0.5) is 0 Å². The fourth-order valence-corrected chi connectivity index (χ4v) is 3.28. The Bertz CT molecular complexity index is 240. The number of nitrogens with one attached hydrogen (secondary N) is 1. The molecule has 1 fully saturated rings. The molecule has 1 aliphatic carbocycles. The van der Waals surface area contributed by atoms with Crippen molar-refractivity contribution >= 4 is 17.7 Å². The van der Waals surface area contributed by atoms with E-state index in [4.69, 9.17) is 5.73 Å². The topological polar surface area (TPSA) is 55.1 Å². The third-order valence-corrected chi connectivity index (χ3v) is 4.61. The molecule has 3 N–H and O–H groups in total. The monoisotopic (exact) mass is 258 g/mol. The van der Waals surface area contributed by atoms with Gasteiger partial charge in [-0.2, -0.15) is 11.8 Å². The van der Waals surface area contributed by atoms with Crippen LogP contribution in [-0.2, 0) is 4.79 Å². The number of hydrogen-bond acceptors (Lipinski definition) is 3. The maximum atomic E-state index is 12.4. The Morgan fingerprint density at radius 1 is 1.41 bits per heavy atom. The first kappa shape index (κ1) is 14.8. The number of nitrogens with two attached hydrogens (primary N) is 1. The highest BCUT2D eigenvalue weighted by Crippen LogP contribution is 2.35. The minimum Gasteiger partial charge on any atom is -0.352 e. The lowest BCUT2D eigenvalue weighted by atomic mass is 9.73. The van der Waals surface area contributed by atoms with Crippen molar-refractivity contribution in [2.24, 2.45) is 11.1 Å². The number of carbonyl (C=O) groups is 1. The summed E-state index contributed by atoms with van der Waals surface area (Å²) in [5.74, 6) is 1.18. The van der Waals surface area contributed by atoms with E-state index in [1.807, 2.05) is 0 Å². The number of carbonyl (C=O) groups excluding carboxylic acids is 1. The summed E-state index contributed by atoms with van der Waals surface area (Å²) >= 11 is 1.78. The lowest BCUT2D eigenvalue weighted by molar-refractivity contribution is -0.133. The maximum absolute atomic E-state index is 12.4. The highest BCUT2D eigenvalue weighted by molar-refractivity contribution is 7.98. The zero-order valence-electron chi connectivity index (χ0n) is 11.1. The summed E-state index contributed by atoms with van der Waals surface area (Å²) in [5, 5.41) is 3.19. The largest absolute Gasteiger partial charge is 0.352 e. The molecule has 0 aromatic rings. The fourth-order valence-electron chi connectivity index (χ4n) is 2.55. The summed E-state index contributed by atoms with van der Waals surface area (Å²) in [6.07, 6.45) is 8.53. The van der Waals surface area contributed by atoms with Crippen molar-refractivity contribution in [1.29, 1.82) is 0 Å². The third kappa shape index (κ3) is 3.88. The van der Waals surface area contributed by atoms with Crippen LogP contribution in [0.2, 0.25) is 0 Å². The van der Waals surface area contributed by atoms with Gasteiger partial charge in [0.1, 0.15) is 0 Å². The molecule has 0 heterocycles. The van der Waals surface area contributed by atoms with Gasteiger partial charge in [-0.15, -0.1) is 0 Å². The second-order valence-electron chi connectivity index (χ2n) is 5.08. The second kappa shape index (κ2) is 7.27. The summed E-state index contributed by atoms with van der Waals surface area (Å²) < 4.78 is 0. The summed E-state index contributed by atoms with van der Waals surface area (Å²) in [5.41, 5.74) is 5.59. The van der Waals surface area contributed by atoms with Gasteiger partial charge in [-0.1, -0.05) is 26.2 Å². The van der Waals surface area contributed by atoms with Crippen LogP contribution in [0.15, 0.2) is 0 Å². The van der Waals surface area contributed by atoms with Crippen molar-refractivity contribution in [2.75, 3.05) is 18.6 Å². The van der Waals surface area contributed by atoms with Gasteiger partial charge in [-0.25, -0.2) is 0 Å². The molecule has 0 radical (unpaired) electrons. The molecule has 17 heavy (non-hydrogen) atoms. The molecule has 1 atom stereocenters. The van der Waals surface area contributed by atoms with Gasteiger partial charge in [0.15, 0.2) is 0 Å². The number of rotatable bonds is 6. The smallest absolute Gasteiger partial charge is 0.227 e. The van der Waals surface area contributed by atoms with Gasteiger partial charge < -0.3 is 11.1 Å². The molecule has 0 aliphatic heterocycles. The van der Waals surface area contributed by atoms with Crippen molar-refractivity contribution in [3.63, 3.8) is 0 Å². The van der Waals surface area contributed by atoms with E-state index >= 15 is 0 Å². The Balaban J connectivity index is 2.58. The average molecular weight is 258 g/mol. The zero-order valence-corrected chi connectivity index (χ0v) is 11.9. The Kier molecular flexibility index (Phi) is 6.34. The molecule has 4 heteroatoms. The van der Waals surface area contributed by atoms with Crippen LogP contribution in [0.5, 0.6) is 0 Å². The predicted molar refractivity (Wildman–Crippen MR) is 75.2 cm³/mol. The normalized spacial score (nSPS) is 20.9. The molecular weight excluding hydrogens is 232 g/mol. The fraction of sp³-hybridized carbons (Fsp3) is 0.923. The van der Waals surface area contributed by atoms with E-state index in [1.54, 1.807) is 11.8 Å². The highest BCUT2D eigenvalue weighted by atomic mass is 32.2. The molecule has 1 unspecified atom stereocenters. The van der Waals surface area contributed by atoms with E-state index < -0.39 is 0 Å². The molecule has 0 spiro atoms. The van der Waals surface area contributed by atoms with E-state index in [-0.39, 0.29) is 11.3 Å². The van der Waals surface area contributed by atoms with E-state index in [2.05, 4.69) is 18.5 Å². The van der Waals surface area contributed by atoms with Crippen molar-refractivity contribution < 1.29 is 4.79 Å². The van der Waals surface area contributed by atoms with Gasteiger partial charge in [0.2, 0.25) is 5.91 Å². The van der Waals surface area contributed by atoms with Crippen LogP contribution in [0.25, 0.3) is 0 Å². The molecule has 0 aromatic heterocycles. The molecule has 1 aliphatic rings. The Morgan fingerprint density at radius 2 is 2.06 bits per heavy atom. The summed E-state index contributed by atoms with van der Waals surface area (Å²) in [7, 11) is 0. The van der Waals surface area contributed by atoms with E-state index in [0.717, 1.165) is 37.9 Å². The van der Waals surface area contributed by atoms with Crippen molar-refractivity contribution in [3.8, 4) is 0 Å². The van der Waals surface area contributed by atoms with Crippen molar-refractivity contribution in [3.05, 3.63) is 0 Å². The number of amides is 1. The predicted octanol–water partition coefficient (Wildman–Crippen LogP) is 2.15. The molecule has 3 nitrogen and oxygen atoms in total. The maximum Gasteiger partial charge on any atom is 0.227 e. The molecule has 1 amide bonds. The third-order valence-electron chi connectivity index (χ3n) is 3.88. The second-order valence-corrected chi connectivity index (χ2v) is 5.99. The van der Waals surface area contributed by atoms with Gasteiger partial charge in [0.25, 0.3) is 0 Å². The minimum absolute atomic E-state index is 0.195. The van der Waals surface area contributed by atoms with Gasteiger partial charge in [-0.3, -0.25) is 4.79 Å². The molecule has 100 valence electrons. The summed E-state index contributed by atoms with van der Waals surface area (Å²) in [6.45, 7) is 2.62. The quantitative estimate of drug-likeness (QED) is 0.767. The van der Waals surface area contributed by atoms with Gasteiger partial charge in [0.05, 0.1) is 5.41 Å². The van der Waals surface area contributed by atoms with Crippen LogP contribution in [0, 0.1) is 5.41 Å². The summed E-state index contributed by atoms with van der Waals surface area (Å²) in [4.78, 5) is 12.4. The molecule has 0 saturated heterocycles. The van der Waals surface area contributed by atoms with Crippen molar-refractivity contribution in [2.45, 2.75) is 51.5 Å². The van der Waals surface area contributed by atoms with Gasteiger partial charge in [0, 0.05) is 18.3 Å². The Morgan fingerprint density at radius 3 is 2.53 bits per heavy atom. The van der Waals surface area contributed by atoms with Crippen LogP contribution >= 0.6 is 11.8 Å². The van der Waals surface area contributed by atoms with Crippen LogP contribution in [0.3, 0.4) is 0 Å². The molecule has 0 bridgehead atoms. The first-order valence-corrected chi connectivity index (χ1v) is 8.08. The lowest BCUT2D eigenvalue weighted by Gasteiger charge is -2.36. The molecule has 0 aromatic carbocycles. The van der Waals surface area contributed by atoms with Crippen LogP contribution in [0.1, 0.15) is 45.4 Å². The van der Waals surface area contributed by atoms with Crippen molar-refractivity contribution in [1.82, 2.24) is 5.32 Å². The van der Waals surface area contributed by atoms with Gasteiger partial charge >= 0.3 is 0 Å². The van der Waals surface area contributed by atoms with Gasteiger partial charge in [-0.05, 0) is 25.5 Å². The molecule has 1 rings (SSSR count). The van der Waals surface area contributed by atoms with Crippen LogP contribution < -0.4 is 11.1 Å². The zero-order chi connectivity index (χ0) is 12.7. The van der Waals surface area contributed by atoms with E-state index in [1.165, 1.54) is 6.42 Å². The first-order chi connectivity index (χ1) is 8.18. The SMILES string of the molecule is CCC(CSC)NC(=O)C1(CN)CCCCC1. The van der Waals surface area contributed by atoms with E-state index in [0.29, 0.717) is 12.6 Å². The van der Waals surface area contributed by atoms with Crippen LogP contribution in [-0.4, -0.2) is 30.5 Å². The number of hydrogen-bond donors (Lipinski definition) is 2. The molecular formula is C13H26N2OS. The average Bonchev–Trinajstić information content (AvgIpc) is 2.38. The van der Waals surface area contributed by atoms with E-state index in [9.17, 15) is 4.79 Å². The lowest BCUT2D eigenvalue weighted by Crippen LogP contribution is -2.50. The first-order valence-electron chi connectivity index (χ1n) is 6.68. The Hall–Kier alpha value is -0.220. The number of thioether (sulfide) groups is 1. The highest BCUT2D eigenvalue weighted by Gasteiger charge is 2.38. The molecule has 1 saturated carbocycles. The summed E-state index contributed by atoms with van der Waals surface area (Å²) in [6, 6.07) is 0.294.